The Kier molecular flexibility index (Phi) is 2.92. The van der Waals surface area contributed by atoms with Crippen LogP contribution in [0, 0.1) is 11.8 Å². The van der Waals surface area contributed by atoms with Gasteiger partial charge in [-0.3, -0.25) is 4.79 Å². The third kappa shape index (κ3) is 2.52. The zero-order valence-electron chi connectivity index (χ0n) is 7.30. The summed E-state index contributed by atoms with van der Waals surface area (Å²) in [5, 5.41) is 0. The normalized spacial score (nSPS) is 26.5. The molecule has 0 bridgehead atoms. The molecule has 0 N–H and O–H groups in total. The van der Waals surface area contributed by atoms with E-state index < -0.39 is 0 Å². The lowest BCUT2D eigenvalue weighted by Crippen LogP contribution is -2.08. The second kappa shape index (κ2) is 3.74. The van der Waals surface area contributed by atoms with Crippen molar-refractivity contribution in [2.75, 3.05) is 6.61 Å². The highest BCUT2D eigenvalue weighted by Crippen LogP contribution is 2.23. The Hall–Kier alpha value is -0.530. The van der Waals surface area contributed by atoms with Gasteiger partial charge in [0, 0.05) is 6.42 Å². The molecule has 2 nitrogen and oxygen atoms in total. The fourth-order valence-electron chi connectivity index (χ4n) is 1.51. The van der Waals surface area contributed by atoms with Crippen molar-refractivity contribution in [2.24, 2.45) is 11.8 Å². The van der Waals surface area contributed by atoms with E-state index in [1.165, 1.54) is 0 Å². The van der Waals surface area contributed by atoms with Crippen LogP contribution in [0.15, 0.2) is 0 Å². The van der Waals surface area contributed by atoms with Gasteiger partial charge in [0.1, 0.15) is 0 Å². The van der Waals surface area contributed by atoms with E-state index in [-0.39, 0.29) is 5.97 Å². The monoisotopic (exact) mass is 156 g/mol. The molecule has 11 heavy (non-hydrogen) atoms. The summed E-state index contributed by atoms with van der Waals surface area (Å²) in [6.45, 7) is 5.04. The van der Waals surface area contributed by atoms with Gasteiger partial charge in [0.15, 0.2) is 0 Å². The highest BCUT2D eigenvalue weighted by Gasteiger charge is 2.19. The minimum absolute atomic E-state index is 0.0202. The van der Waals surface area contributed by atoms with Gasteiger partial charge in [-0.25, -0.2) is 0 Å². The summed E-state index contributed by atoms with van der Waals surface area (Å²) in [5.41, 5.74) is 0. The van der Waals surface area contributed by atoms with Gasteiger partial charge in [-0.1, -0.05) is 13.8 Å². The first kappa shape index (κ1) is 8.57. The molecule has 1 rings (SSSR count). The fourth-order valence-corrected chi connectivity index (χ4v) is 1.51. The first-order valence-corrected chi connectivity index (χ1v) is 4.36. The Bertz CT molecular complexity index is 140. The molecule has 1 aliphatic heterocycles. The summed E-state index contributed by atoms with van der Waals surface area (Å²) in [6.07, 6.45) is 2.67. The highest BCUT2D eigenvalue weighted by atomic mass is 16.5. The number of ether oxygens (including phenoxy) is 1. The number of hydrogen-bond donors (Lipinski definition) is 0. The largest absolute Gasteiger partial charge is 0.466 e. The summed E-state index contributed by atoms with van der Waals surface area (Å²) in [7, 11) is 0. The van der Waals surface area contributed by atoms with Crippen LogP contribution < -0.4 is 0 Å². The number of rotatable bonds is 1. The van der Waals surface area contributed by atoms with Gasteiger partial charge < -0.3 is 4.74 Å². The van der Waals surface area contributed by atoms with Crippen LogP contribution in [0.2, 0.25) is 0 Å². The van der Waals surface area contributed by atoms with Gasteiger partial charge in [0.25, 0.3) is 0 Å². The minimum atomic E-state index is -0.0202. The minimum Gasteiger partial charge on any atom is -0.466 e. The van der Waals surface area contributed by atoms with Crippen molar-refractivity contribution in [3.05, 3.63) is 0 Å². The molecular formula is C9H16O2. The second-order valence-electron chi connectivity index (χ2n) is 3.55. The zero-order chi connectivity index (χ0) is 8.27. The molecule has 1 atom stereocenters. The number of cyclic esters (lactones) is 1. The molecule has 0 saturated carbocycles. The van der Waals surface area contributed by atoms with Crippen LogP contribution in [0.3, 0.4) is 0 Å². The Morgan fingerprint density at radius 3 is 2.82 bits per heavy atom. The Morgan fingerprint density at radius 1 is 1.45 bits per heavy atom. The van der Waals surface area contributed by atoms with Crippen LogP contribution >= 0.6 is 0 Å². The number of hydrogen-bond acceptors (Lipinski definition) is 2. The van der Waals surface area contributed by atoms with E-state index >= 15 is 0 Å². The van der Waals surface area contributed by atoms with Gasteiger partial charge in [0.2, 0.25) is 0 Å². The van der Waals surface area contributed by atoms with Crippen LogP contribution in [-0.2, 0) is 9.53 Å². The van der Waals surface area contributed by atoms with Crippen molar-refractivity contribution in [3.8, 4) is 0 Å². The lowest BCUT2D eigenvalue weighted by atomic mass is 9.89. The third-order valence-electron chi connectivity index (χ3n) is 2.41. The summed E-state index contributed by atoms with van der Waals surface area (Å²) in [4.78, 5) is 10.8. The molecule has 0 amide bonds. The molecule has 64 valence electrons. The maximum atomic E-state index is 10.8. The van der Waals surface area contributed by atoms with Crippen LogP contribution in [0.1, 0.15) is 33.1 Å². The molecular weight excluding hydrogens is 140 g/mol. The van der Waals surface area contributed by atoms with Gasteiger partial charge in [-0.2, -0.15) is 0 Å². The lowest BCUT2D eigenvalue weighted by Gasteiger charge is -2.15. The van der Waals surface area contributed by atoms with Crippen LogP contribution in [0.25, 0.3) is 0 Å². The molecule has 0 radical (unpaired) electrons. The van der Waals surface area contributed by atoms with E-state index in [4.69, 9.17) is 4.74 Å². The predicted octanol–water partition coefficient (Wildman–Crippen LogP) is 1.99. The standard InChI is InChI=1S/C9H16O2/c1-7(2)8-3-4-9(10)11-6-5-8/h7-8H,3-6H2,1-2H3/t8-/m1/s1. The van der Waals surface area contributed by atoms with E-state index in [1.807, 2.05) is 0 Å². The smallest absolute Gasteiger partial charge is 0.305 e. The van der Waals surface area contributed by atoms with E-state index in [1.54, 1.807) is 0 Å². The lowest BCUT2D eigenvalue weighted by molar-refractivity contribution is -0.142. The number of carbonyl (C=O) groups excluding carboxylic acids is 1. The van der Waals surface area contributed by atoms with Crippen molar-refractivity contribution >= 4 is 5.97 Å². The van der Waals surface area contributed by atoms with E-state index in [0.717, 1.165) is 12.8 Å². The molecule has 1 fully saturated rings. The predicted molar refractivity (Wildman–Crippen MR) is 43.1 cm³/mol. The third-order valence-corrected chi connectivity index (χ3v) is 2.41. The van der Waals surface area contributed by atoms with Crippen molar-refractivity contribution in [2.45, 2.75) is 33.1 Å². The molecule has 0 aromatic carbocycles. The molecule has 0 spiro atoms. The first-order valence-electron chi connectivity index (χ1n) is 4.36. The van der Waals surface area contributed by atoms with Gasteiger partial charge in [-0.05, 0) is 24.7 Å². The van der Waals surface area contributed by atoms with Gasteiger partial charge in [0.05, 0.1) is 6.61 Å². The molecule has 2 heteroatoms. The van der Waals surface area contributed by atoms with Crippen molar-refractivity contribution in [1.29, 1.82) is 0 Å². The number of carbonyl (C=O) groups is 1. The number of esters is 1. The molecule has 0 unspecified atom stereocenters. The van der Waals surface area contributed by atoms with Gasteiger partial charge >= 0.3 is 5.97 Å². The van der Waals surface area contributed by atoms with Crippen molar-refractivity contribution in [3.63, 3.8) is 0 Å². The van der Waals surface area contributed by atoms with E-state index in [9.17, 15) is 4.79 Å². The Labute approximate surface area is 67.9 Å². The van der Waals surface area contributed by atoms with Crippen LogP contribution in [0.5, 0.6) is 0 Å². The van der Waals surface area contributed by atoms with E-state index in [2.05, 4.69) is 13.8 Å². The van der Waals surface area contributed by atoms with E-state index in [0.29, 0.717) is 24.9 Å². The van der Waals surface area contributed by atoms with Crippen LogP contribution in [0.4, 0.5) is 0 Å². The molecule has 1 saturated heterocycles. The Balaban J connectivity index is 2.40. The SMILES string of the molecule is CC(C)[C@H]1CCOC(=O)CC1. The maximum Gasteiger partial charge on any atom is 0.305 e. The van der Waals surface area contributed by atoms with Crippen molar-refractivity contribution in [1.82, 2.24) is 0 Å². The molecule has 0 aromatic heterocycles. The topological polar surface area (TPSA) is 26.3 Å². The highest BCUT2D eigenvalue weighted by molar-refractivity contribution is 5.69. The first-order chi connectivity index (χ1) is 5.20. The van der Waals surface area contributed by atoms with Crippen molar-refractivity contribution < 1.29 is 9.53 Å². The Morgan fingerprint density at radius 2 is 2.18 bits per heavy atom. The summed E-state index contributed by atoms with van der Waals surface area (Å²) in [6, 6.07) is 0. The average molecular weight is 156 g/mol. The summed E-state index contributed by atoms with van der Waals surface area (Å²) < 4.78 is 4.94. The van der Waals surface area contributed by atoms with Crippen LogP contribution in [-0.4, -0.2) is 12.6 Å². The summed E-state index contributed by atoms with van der Waals surface area (Å²) in [5.74, 6) is 1.35. The van der Waals surface area contributed by atoms with Gasteiger partial charge in [-0.15, -0.1) is 0 Å². The molecule has 0 aromatic rings. The zero-order valence-corrected chi connectivity index (χ0v) is 7.30. The average Bonchev–Trinajstić information content (AvgIpc) is 2.13. The summed E-state index contributed by atoms with van der Waals surface area (Å²) >= 11 is 0. The quantitative estimate of drug-likeness (QED) is 0.543. The molecule has 1 heterocycles. The fraction of sp³-hybridized carbons (Fsp3) is 0.889. The molecule has 0 aliphatic carbocycles. The molecule has 1 aliphatic rings. The second-order valence-corrected chi connectivity index (χ2v) is 3.55. The maximum absolute atomic E-state index is 10.8.